The molecule has 0 unspecified atom stereocenters. The molecule has 0 spiro atoms. The number of nitrogens with one attached hydrogen (secondary N) is 2. The van der Waals surface area contributed by atoms with Crippen molar-refractivity contribution in [2.24, 2.45) is 0 Å². The number of hydrogen-bond donors (Lipinski definition) is 2. The zero-order chi connectivity index (χ0) is 19.1. The molecule has 1 aromatic carbocycles. The molecule has 2 aromatic heterocycles. The fourth-order valence-corrected chi connectivity index (χ4v) is 2.97. The van der Waals surface area contributed by atoms with Gasteiger partial charge in [0.15, 0.2) is 0 Å². The summed E-state index contributed by atoms with van der Waals surface area (Å²) in [6.45, 7) is 0.915. The molecule has 0 aliphatic rings. The lowest BCUT2D eigenvalue weighted by Crippen LogP contribution is -2.16. The molecule has 0 saturated carbocycles. The highest BCUT2D eigenvalue weighted by atomic mass is 79.9. The van der Waals surface area contributed by atoms with E-state index in [4.69, 9.17) is 16.3 Å². The number of pyridine rings is 1. The number of H-pyrrole nitrogens is 1. The molecule has 8 heteroatoms. The second kappa shape index (κ2) is 9.53. The zero-order valence-corrected chi connectivity index (χ0v) is 16.8. The van der Waals surface area contributed by atoms with E-state index >= 15 is 0 Å². The molecule has 2 N–H and O–H groups in total. The summed E-state index contributed by atoms with van der Waals surface area (Å²) in [5, 5.41) is 10.3. The van der Waals surface area contributed by atoms with Gasteiger partial charge in [0, 0.05) is 11.2 Å². The van der Waals surface area contributed by atoms with Crippen LogP contribution in [0.1, 0.15) is 17.7 Å². The van der Waals surface area contributed by atoms with Gasteiger partial charge in [-0.2, -0.15) is 0 Å². The first-order valence-electron chi connectivity index (χ1n) is 8.42. The van der Waals surface area contributed by atoms with Crippen molar-refractivity contribution in [3.05, 3.63) is 79.8 Å². The second-order valence-electron chi connectivity index (χ2n) is 5.80. The van der Waals surface area contributed by atoms with Gasteiger partial charge in [-0.15, -0.1) is 5.10 Å². The molecule has 27 heavy (non-hydrogen) atoms. The van der Waals surface area contributed by atoms with Gasteiger partial charge in [-0.25, -0.2) is 5.10 Å². The van der Waals surface area contributed by atoms with Crippen LogP contribution in [-0.2, 0) is 13.0 Å². The van der Waals surface area contributed by atoms with Crippen molar-refractivity contribution in [2.75, 3.05) is 11.9 Å². The van der Waals surface area contributed by atoms with Gasteiger partial charge in [0.25, 0.3) is 11.4 Å². The van der Waals surface area contributed by atoms with Gasteiger partial charge >= 0.3 is 0 Å². The van der Waals surface area contributed by atoms with E-state index in [0.29, 0.717) is 29.2 Å². The molecule has 0 aliphatic heterocycles. The summed E-state index contributed by atoms with van der Waals surface area (Å²) in [5.41, 5.74) is 2.22. The van der Waals surface area contributed by atoms with Crippen LogP contribution >= 0.6 is 27.5 Å². The monoisotopic (exact) mass is 448 g/mol. The van der Waals surface area contributed by atoms with Crippen LogP contribution in [0.3, 0.4) is 0 Å². The van der Waals surface area contributed by atoms with Crippen LogP contribution in [-0.4, -0.2) is 21.8 Å². The predicted octanol–water partition coefficient (Wildman–Crippen LogP) is 4.20. The predicted molar refractivity (Wildman–Crippen MR) is 109 cm³/mol. The Morgan fingerprint density at radius 2 is 2.00 bits per heavy atom. The molecule has 0 fully saturated rings. The van der Waals surface area contributed by atoms with Crippen molar-refractivity contribution < 1.29 is 4.74 Å². The highest BCUT2D eigenvalue weighted by Gasteiger charge is 2.13. The molecule has 0 amide bonds. The molecule has 0 radical (unpaired) electrons. The first-order valence-corrected chi connectivity index (χ1v) is 9.60. The number of aromatic amines is 1. The van der Waals surface area contributed by atoms with Crippen molar-refractivity contribution in [1.82, 2.24) is 15.2 Å². The van der Waals surface area contributed by atoms with Crippen molar-refractivity contribution in [3.63, 3.8) is 0 Å². The summed E-state index contributed by atoms with van der Waals surface area (Å²) in [6.07, 6.45) is 3.38. The van der Waals surface area contributed by atoms with E-state index in [1.54, 1.807) is 6.20 Å². The van der Waals surface area contributed by atoms with Crippen LogP contribution in [0.4, 0.5) is 5.69 Å². The molecular weight excluding hydrogens is 432 g/mol. The average Bonchev–Trinajstić information content (AvgIpc) is 2.69. The second-order valence-corrected chi connectivity index (χ2v) is 7.03. The lowest BCUT2D eigenvalue weighted by atomic mass is 10.1. The van der Waals surface area contributed by atoms with Gasteiger partial charge < -0.3 is 10.1 Å². The highest BCUT2D eigenvalue weighted by molar-refractivity contribution is 9.10. The average molecular weight is 450 g/mol. The van der Waals surface area contributed by atoms with Gasteiger partial charge in [-0.1, -0.05) is 29.8 Å². The fourth-order valence-electron chi connectivity index (χ4n) is 2.45. The first kappa shape index (κ1) is 19.4. The highest BCUT2D eigenvalue weighted by Crippen LogP contribution is 2.27. The maximum absolute atomic E-state index is 11.9. The third-order valence-corrected chi connectivity index (χ3v) is 4.83. The molecule has 0 aliphatic carbocycles. The van der Waals surface area contributed by atoms with E-state index in [2.05, 4.69) is 36.4 Å². The smallest absolute Gasteiger partial charge is 0.280 e. The number of aryl methyl sites for hydroxylation is 1. The molecule has 6 nitrogen and oxygen atoms in total. The quantitative estimate of drug-likeness (QED) is 0.504. The van der Waals surface area contributed by atoms with E-state index in [1.165, 1.54) is 5.56 Å². The fraction of sp³-hybridized carbons (Fsp3) is 0.211. The topological polar surface area (TPSA) is 79.9 Å². The standard InChI is InChI=1S/C19H18BrClN4O2/c20-16-17(23-12-15-5-1-2-10-22-15)19(25-24-18(16)26)27-11-3-4-13-6-8-14(21)9-7-13/h1-2,5-10H,3-4,11-12H2,(H2,23,24,26). The summed E-state index contributed by atoms with van der Waals surface area (Å²) >= 11 is 9.19. The number of benzene rings is 1. The van der Waals surface area contributed by atoms with Gasteiger partial charge in [0.1, 0.15) is 10.2 Å². The number of hydrogen-bond acceptors (Lipinski definition) is 5. The first-order chi connectivity index (χ1) is 13.1. The molecule has 140 valence electrons. The van der Waals surface area contributed by atoms with Crippen LogP contribution < -0.4 is 15.6 Å². The lowest BCUT2D eigenvalue weighted by molar-refractivity contribution is 0.296. The van der Waals surface area contributed by atoms with Gasteiger partial charge in [0.05, 0.1) is 18.8 Å². The van der Waals surface area contributed by atoms with E-state index in [1.807, 2.05) is 42.5 Å². The van der Waals surface area contributed by atoms with Crippen molar-refractivity contribution in [3.8, 4) is 5.88 Å². The normalized spacial score (nSPS) is 10.6. The van der Waals surface area contributed by atoms with E-state index in [9.17, 15) is 4.79 Å². The minimum absolute atomic E-state index is 0.327. The van der Waals surface area contributed by atoms with Crippen LogP contribution in [0.5, 0.6) is 5.88 Å². The number of aromatic nitrogens is 3. The van der Waals surface area contributed by atoms with E-state index < -0.39 is 0 Å². The molecule has 2 heterocycles. The van der Waals surface area contributed by atoms with Crippen LogP contribution in [0.15, 0.2) is 57.9 Å². The Labute approximate surface area is 170 Å². The Morgan fingerprint density at radius 1 is 1.19 bits per heavy atom. The Hall–Kier alpha value is -2.38. The summed E-state index contributed by atoms with van der Waals surface area (Å²) in [5.74, 6) is 0.341. The van der Waals surface area contributed by atoms with Crippen LogP contribution in [0.2, 0.25) is 5.02 Å². The van der Waals surface area contributed by atoms with Crippen molar-refractivity contribution in [2.45, 2.75) is 19.4 Å². The maximum atomic E-state index is 11.9. The van der Waals surface area contributed by atoms with E-state index in [0.717, 1.165) is 23.6 Å². The lowest BCUT2D eigenvalue weighted by Gasteiger charge is -2.13. The van der Waals surface area contributed by atoms with Crippen molar-refractivity contribution >= 4 is 33.2 Å². The largest absolute Gasteiger partial charge is 0.475 e. The Balaban J connectivity index is 1.61. The summed E-state index contributed by atoms with van der Waals surface area (Å²) in [7, 11) is 0. The Morgan fingerprint density at radius 3 is 2.74 bits per heavy atom. The summed E-state index contributed by atoms with van der Waals surface area (Å²) < 4.78 is 6.13. The SMILES string of the molecule is O=c1[nH]nc(OCCCc2ccc(Cl)cc2)c(NCc2ccccn2)c1Br. The number of halogens is 2. The Bertz CT molecular complexity index is 933. The van der Waals surface area contributed by atoms with Gasteiger partial charge in [0.2, 0.25) is 0 Å². The minimum Gasteiger partial charge on any atom is -0.475 e. The third kappa shape index (κ3) is 5.55. The van der Waals surface area contributed by atoms with Crippen LogP contribution in [0.25, 0.3) is 0 Å². The molecule has 3 aromatic rings. The van der Waals surface area contributed by atoms with Crippen molar-refractivity contribution in [1.29, 1.82) is 0 Å². The number of nitrogens with zero attached hydrogens (tertiary/aromatic N) is 2. The molecule has 0 bridgehead atoms. The maximum Gasteiger partial charge on any atom is 0.280 e. The Kier molecular flexibility index (Phi) is 6.84. The van der Waals surface area contributed by atoms with Crippen LogP contribution in [0, 0.1) is 0 Å². The van der Waals surface area contributed by atoms with Gasteiger partial charge in [-0.05, 0) is 58.6 Å². The van der Waals surface area contributed by atoms with E-state index in [-0.39, 0.29) is 5.56 Å². The summed E-state index contributed by atoms with van der Waals surface area (Å²) in [6, 6.07) is 13.4. The zero-order valence-electron chi connectivity index (χ0n) is 14.4. The number of ether oxygens (including phenoxy) is 1. The molecular formula is C19H18BrClN4O2. The minimum atomic E-state index is -0.327. The summed E-state index contributed by atoms with van der Waals surface area (Å²) in [4.78, 5) is 16.1. The molecule has 0 atom stereocenters. The number of anilines is 1. The third-order valence-electron chi connectivity index (χ3n) is 3.83. The van der Waals surface area contributed by atoms with Gasteiger partial charge in [-0.3, -0.25) is 9.78 Å². The molecule has 0 saturated heterocycles. The number of rotatable bonds is 8. The molecule has 3 rings (SSSR count).